The van der Waals surface area contributed by atoms with Gasteiger partial charge in [0.1, 0.15) is 5.75 Å². The Labute approximate surface area is 186 Å². The number of hydrogen-bond donors (Lipinski definition) is 4. The Bertz CT molecular complexity index is 913. The molecule has 0 aromatic heterocycles. The van der Waals surface area contributed by atoms with Crippen molar-refractivity contribution in [2.75, 3.05) is 17.2 Å². The van der Waals surface area contributed by atoms with Crippen LogP contribution in [0.4, 0.5) is 11.4 Å². The second kappa shape index (κ2) is 11.2. The zero-order valence-electron chi connectivity index (χ0n) is 16.9. The maximum atomic E-state index is 12.0. The minimum absolute atomic E-state index is 0.147. The summed E-state index contributed by atoms with van der Waals surface area (Å²) in [6, 6.07) is 14.7. The van der Waals surface area contributed by atoms with E-state index in [2.05, 4.69) is 35.1 Å². The molecule has 2 rings (SSSR count). The third-order valence-corrected chi connectivity index (χ3v) is 4.27. The number of ether oxygens (including phenoxy) is 1. The number of nitrogens with one attached hydrogen (secondary N) is 4. The molecule has 0 saturated carbocycles. The van der Waals surface area contributed by atoms with Crippen LogP contribution < -0.4 is 26.0 Å². The van der Waals surface area contributed by atoms with Gasteiger partial charge in [0, 0.05) is 18.3 Å². The predicted octanol–water partition coefficient (Wildman–Crippen LogP) is 3.53. The van der Waals surface area contributed by atoms with Crippen LogP contribution in [0.25, 0.3) is 0 Å². The monoisotopic (exact) mass is 444 g/mol. The van der Waals surface area contributed by atoms with Gasteiger partial charge in [-0.1, -0.05) is 26.0 Å². The molecule has 9 heteroatoms. The van der Waals surface area contributed by atoms with Crippen LogP contribution in [0.3, 0.4) is 0 Å². The van der Waals surface area contributed by atoms with E-state index in [1.807, 2.05) is 24.3 Å². The van der Waals surface area contributed by atoms with Gasteiger partial charge in [0.25, 0.3) is 5.91 Å². The molecule has 0 bridgehead atoms. The summed E-state index contributed by atoms with van der Waals surface area (Å²) in [5.41, 5.74) is 2.59. The minimum atomic E-state index is -0.362. The van der Waals surface area contributed by atoms with Crippen LogP contribution in [0.15, 0.2) is 48.5 Å². The lowest BCUT2D eigenvalue weighted by atomic mass is 10.0. The second-order valence-corrected chi connectivity index (χ2v) is 7.54. The molecule has 0 saturated heterocycles. The van der Waals surface area contributed by atoms with Crippen LogP contribution in [-0.2, 0) is 9.59 Å². The molecule has 2 amide bonds. The minimum Gasteiger partial charge on any atom is -0.484 e. The molecule has 30 heavy (non-hydrogen) atoms. The number of amides is 2. The Kier molecular flexibility index (Phi) is 8.70. The molecular weight excluding hydrogens is 420 g/mol. The van der Waals surface area contributed by atoms with Crippen molar-refractivity contribution in [3.63, 3.8) is 0 Å². The zero-order chi connectivity index (χ0) is 22.1. The third-order valence-electron chi connectivity index (χ3n) is 3.86. The molecule has 0 atom stereocenters. The molecule has 0 heterocycles. The van der Waals surface area contributed by atoms with E-state index < -0.39 is 0 Å². The molecule has 0 aliphatic carbocycles. The number of carbonyl (C=O) groups excluding carboxylic acids is 2. The largest absolute Gasteiger partial charge is 0.484 e. The van der Waals surface area contributed by atoms with E-state index >= 15 is 0 Å². The molecule has 0 fully saturated rings. The van der Waals surface area contributed by atoms with Gasteiger partial charge in [-0.3, -0.25) is 14.9 Å². The van der Waals surface area contributed by atoms with Gasteiger partial charge in [0.2, 0.25) is 5.91 Å². The lowest BCUT2D eigenvalue weighted by Crippen LogP contribution is -2.37. The fourth-order valence-electron chi connectivity index (χ4n) is 2.38. The molecule has 0 aliphatic heterocycles. The number of anilines is 2. The fourth-order valence-corrected chi connectivity index (χ4v) is 2.88. The van der Waals surface area contributed by atoms with Crippen molar-refractivity contribution in [3.05, 3.63) is 54.1 Å². The lowest BCUT2D eigenvalue weighted by Gasteiger charge is -2.12. The van der Waals surface area contributed by atoms with Crippen LogP contribution >= 0.6 is 24.4 Å². The molecule has 0 aliphatic rings. The summed E-state index contributed by atoms with van der Waals surface area (Å²) in [6.45, 7) is 5.46. The number of carbonyl (C=O) groups is 2. The van der Waals surface area contributed by atoms with E-state index in [1.54, 1.807) is 24.3 Å². The van der Waals surface area contributed by atoms with E-state index in [9.17, 15) is 9.59 Å². The van der Waals surface area contributed by atoms with Crippen molar-refractivity contribution >= 4 is 57.8 Å². The highest BCUT2D eigenvalue weighted by Gasteiger charge is 2.07. The van der Waals surface area contributed by atoms with Gasteiger partial charge >= 0.3 is 0 Å². The average Bonchev–Trinajstić information content (AvgIpc) is 2.67. The van der Waals surface area contributed by atoms with Gasteiger partial charge in [-0.15, -0.1) is 0 Å². The first-order chi connectivity index (χ1) is 14.2. The van der Waals surface area contributed by atoms with E-state index in [1.165, 1.54) is 12.5 Å². The maximum absolute atomic E-state index is 12.0. The summed E-state index contributed by atoms with van der Waals surface area (Å²) in [7, 11) is 0. The lowest BCUT2D eigenvalue weighted by molar-refractivity contribution is -0.121. The summed E-state index contributed by atoms with van der Waals surface area (Å²) in [5, 5.41) is 11.2. The summed E-state index contributed by atoms with van der Waals surface area (Å²) < 4.78 is 5.48. The van der Waals surface area contributed by atoms with Gasteiger partial charge in [-0.25, -0.2) is 0 Å². The quantitative estimate of drug-likeness (QED) is 0.507. The molecule has 2 aromatic rings. The number of rotatable bonds is 6. The SMILES string of the molecule is CC(=O)NC(=S)Nc1ccc(NC(=S)NC(=O)COc2ccc(C(C)C)cc2)cc1. The second-order valence-electron chi connectivity index (χ2n) is 6.73. The van der Waals surface area contributed by atoms with Crippen molar-refractivity contribution in [3.8, 4) is 5.75 Å². The molecule has 0 radical (unpaired) electrons. The maximum Gasteiger partial charge on any atom is 0.264 e. The molecule has 158 valence electrons. The third kappa shape index (κ3) is 8.14. The van der Waals surface area contributed by atoms with Crippen LogP contribution in [0.5, 0.6) is 5.75 Å². The predicted molar refractivity (Wildman–Crippen MR) is 127 cm³/mol. The Balaban J connectivity index is 1.77. The molecule has 2 aromatic carbocycles. The van der Waals surface area contributed by atoms with Gasteiger partial charge < -0.3 is 20.7 Å². The molecule has 7 nitrogen and oxygen atoms in total. The average molecular weight is 445 g/mol. The van der Waals surface area contributed by atoms with E-state index in [-0.39, 0.29) is 28.6 Å². The first-order valence-corrected chi connectivity index (χ1v) is 10.1. The van der Waals surface area contributed by atoms with Gasteiger partial charge in [-0.05, 0) is 72.3 Å². The topological polar surface area (TPSA) is 91.5 Å². The summed E-state index contributed by atoms with van der Waals surface area (Å²) in [4.78, 5) is 23.0. The molecule has 0 unspecified atom stereocenters. The van der Waals surface area contributed by atoms with Crippen LogP contribution in [0.1, 0.15) is 32.3 Å². The van der Waals surface area contributed by atoms with E-state index in [0.717, 1.165) is 0 Å². The van der Waals surface area contributed by atoms with Crippen molar-refractivity contribution in [2.45, 2.75) is 26.7 Å². The Morgan fingerprint density at radius 1 is 0.867 bits per heavy atom. The van der Waals surface area contributed by atoms with Crippen LogP contribution in [0.2, 0.25) is 0 Å². The smallest absolute Gasteiger partial charge is 0.264 e. The standard InChI is InChI=1S/C21H24N4O3S2/c1-13(2)15-4-10-18(11-5-15)28-12-19(27)25-21(30)24-17-8-6-16(7-9-17)23-20(29)22-14(3)26/h4-11,13H,12H2,1-3H3,(H2,22,23,26,29)(H2,24,25,27,30). The molecule has 4 N–H and O–H groups in total. The normalized spacial score (nSPS) is 10.1. The molecule has 0 spiro atoms. The van der Waals surface area contributed by atoms with Gasteiger partial charge in [0.05, 0.1) is 0 Å². The highest BCUT2D eigenvalue weighted by Crippen LogP contribution is 2.18. The first-order valence-electron chi connectivity index (χ1n) is 9.25. The van der Waals surface area contributed by atoms with Crippen molar-refractivity contribution < 1.29 is 14.3 Å². The Morgan fingerprint density at radius 3 is 1.83 bits per heavy atom. The highest BCUT2D eigenvalue weighted by atomic mass is 32.1. The van der Waals surface area contributed by atoms with Crippen molar-refractivity contribution in [1.82, 2.24) is 10.6 Å². The number of thiocarbonyl (C=S) groups is 2. The number of hydrogen-bond acceptors (Lipinski definition) is 5. The first kappa shape index (κ1) is 23.2. The summed E-state index contributed by atoms with van der Waals surface area (Å²) in [5.74, 6) is 0.445. The van der Waals surface area contributed by atoms with Crippen molar-refractivity contribution in [1.29, 1.82) is 0 Å². The number of benzene rings is 2. The molecular formula is C21H24N4O3S2. The van der Waals surface area contributed by atoms with E-state index in [0.29, 0.717) is 23.0 Å². The zero-order valence-corrected chi connectivity index (χ0v) is 18.6. The van der Waals surface area contributed by atoms with Gasteiger partial charge in [0.15, 0.2) is 16.8 Å². The fraction of sp³-hybridized carbons (Fsp3) is 0.238. The Morgan fingerprint density at radius 2 is 1.37 bits per heavy atom. The Hall–Kier alpha value is -3.04. The summed E-state index contributed by atoms with van der Waals surface area (Å²) in [6.07, 6.45) is 0. The van der Waals surface area contributed by atoms with E-state index in [4.69, 9.17) is 29.2 Å². The van der Waals surface area contributed by atoms with Gasteiger partial charge in [-0.2, -0.15) is 0 Å². The van der Waals surface area contributed by atoms with Crippen LogP contribution in [-0.4, -0.2) is 28.6 Å². The van der Waals surface area contributed by atoms with Crippen molar-refractivity contribution in [2.24, 2.45) is 0 Å². The summed E-state index contributed by atoms with van der Waals surface area (Å²) >= 11 is 10.2. The highest BCUT2D eigenvalue weighted by molar-refractivity contribution is 7.80. The van der Waals surface area contributed by atoms with Crippen LogP contribution in [0, 0.1) is 0 Å².